The van der Waals surface area contributed by atoms with Crippen molar-refractivity contribution in [1.82, 2.24) is 20.1 Å². The summed E-state index contributed by atoms with van der Waals surface area (Å²) >= 11 is 0. The maximum Gasteiger partial charge on any atom is 0.170 e. The van der Waals surface area contributed by atoms with Gasteiger partial charge in [-0.3, -0.25) is 0 Å². The lowest BCUT2D eigenvalue weighted by Crippen LogP contribution is -2.20. The Labute approximate surface area is 116 Å². The van der Waals surface area contributed by atoms with Crippen LogP contribution >= 0.6 is 0 Å². The Morgan fingerprint density at radius 2 is 2.30 bits per heavy atom. The molecule has 1 heterocycles. The average Bonchev–Trinajstić information content (AvgIpc) is 3.19. The lowest BCUT2D eigenvalue weighted by Gasteiger charge is -2.09. The van der Waals surface area contributed by atoms with E-state index in [0.29, 0.717) is 24.7 Å². The Balaban J connectivity index is 1.75. The smallest absolute Gasteiger partial charge is 0.170 e. The molecule has 0 unspecified atom stereocenters. The molecule has 20 heavy (non-hydrogen) atoms. The molecule has 1 saturated carbocycles. The number of nitrogens with one attached hydrogen (secondary N) is 1. The van der Waals surface area contributed by atoms with E-state index in [1.54, 1.807) is 22.9 Å². The van der Waals surface area contributed by atoms with E-state index in [0.717, 1.165) is 5.82 Å². The van der Waals surface area contributed by atoms with Crippen molar-refractivity contribution < 1.29 is 9.13 Å². The predicted molar refractivity (Wildman–Crippen MR) is 71.9 cm³/mol. The second kappa shape index (κ2) is 5.58. The molecule has 0 atom stereocenters. The molecule has 0 radical (unpaired) electrons. The number of hydrogen-bond acceptors (Lipinski definition) is 4. The van der Waals surface area contributed by atoms with Gasteiger partial charge in [0.2, 0.25) is 0 Å². The van der Waals surface area contributed by atoms with E-state index in [1.165, 1.54) is 26.3 Å². The lowest BCUT2D eigenvalue weighted by molar-refractivity contribution is 0.383. The summed E-state index contributed by atoms with van der Waals surface area (Å²) in [5, 5.41) is 7.55. The minimum absolute atomic E-state index is 0.250. The standard InChI is InChI=1S/C14H17FN4O/c1-20-12-4-2-3-10(14(12)15)8-19-13(17-9-18-19)7-16-11-5-6-11/h2-4,9,11,16H,5-8H2,1H3. The van der Waals surface area contributed by atoms with Gasteiger partial charge in [-0.2, -0.15) is 5.10 Å². The van der Waals surface area contributed by atoms with Crippen LogP contribution in [0.1, 0.15) is 24.2 Å². The van der Waals surface area contributed by atoms with Gasteiger partial charge in [-0.05, 0) is 18.9 Å². The van der Waals surface area contributed by atoms with Gasteiger partial charge in [-0.1, -0.05) is 12.1 Å². The van der Waals surface area contributed by atoms with Crippen molar-refractivity contribution in [3.8, 4) is 5.75 Å². The molecule has 1 aliphatic carbocycles. The normalized spacial score (nSPS) is 14.5. The molecule has 0 aliphatic heterocycles. The summed E-state index contributed by atoms with van der Waals surface area (Å²) in [7, 11) is 1.46. The first-order valence-corrected chi connectivity index (χ1v) is 6.69. The lowest BCUT2D eigenvalue weighted by atomic mass is 10.2. The first-order valence-electron chi connectivity index (χ1n) is 6.69. The quantitative estimate of drug-likeness (QED) is 0.873. The number of hydrogen-bond donors (Lipinski definition) is 1. The molecule has 2 aromatic rings. The van der Waals surface area contributed by atoms with Gasteiger partial charge < -0.3 is 10.1 Å². The molecule has 1 aliphatic rings. The molecule has 0 spiro atoms. The van der Waals surface area contributed by atoms with Crippen molar-refractivity contribution in [1.29, 1.82) is 0 Å². The van der Waals surface area contributed by atoms with Gasteiger partial charge in [0.15, 0.2) is 11.6 Å². The molecule has 106 valence electrons. The number of methoxy groups -OCH3 is 1. The molecular formula is C14H17FN4O. The van der Waals surface area contributed by atoms with Crippen LogP contribution in [0.25, 0.3) is 0 Å². The van der Waals surface area contributed by atoms with Crippen molar-refractivity contribution in [2.45, 2.75) is 32.0 Å². The fourth-order valence-electron chi connectivity index (χ4n) is 2.08. The highest BCUT2D eigenvalue weighted by Crippen LogP contribution is 2.21. The van der Waals surface area contributed by atoms with Crippen LogP contribution < -0.4 is 10.1 Å². The summed E-state index contributed by atoms with van der Waals surface area (Å²) in [5.74, 6) is 0.728. The third kappa shape index (κ3) is 2.80. The number of benzene rings is 1. The summed E-state index contributed by atoms with van der Waals surface area (Å²) in [6.45, 7) is 1.01. The van der Waals surface area contributed by atoms with Gasteiger partial charge in [0.05, 0.1) is 20.2 Å². The zero-order valence-electron chi connectivity index (χ0n) is 11.3. The third-order valence-electron chi connectivity index (χ3n) is 3.41. The zero-order chi connectivity index (χ0) is 13.9. The molecule has 1 N–H and O–H groups in total. The molecule has 1 aromatic heterocycles. The Bertz CT molecular complexity index is 595. The minimum atomic E-state index is -0.341. The van der Waals surface area contributed by atoms with E-state index < -0.39 is 0 Å². The van der Waals surface area contributed by atoms with Gasteiger partial charge in [0.1, 0.15) is 12.2 Å². The Hall–Kier alpha value is -1.95. The van der Waals surface area contributed by atoms with E-state index in [4.69, 9.17) is 4.74 Å². The molecule has 1 aromatic carbocycles. The second-order valence-corrected chi connectivity index (χ2v) is 4.92. The van der Waals surface area contributed by atoms with Crippen molar-refractivity contribution >= 4 is 0 Å². The Kier molecular flexibility index (Phi) is 3.64. The summed E-state index contributed by atoms with van der Waals surface area (Å²) in [5.41, 5.74) is 0.544. The van der Waals surface area contributed by atoms with Crippen LogP contribution in [-0.2, 0) is 13.1 Å². The zero-order valence-corrected chi connectivity index (χ0v) is 11.3. The van der Waals surface area contributed by atoms with E-state index in [1.807, 2.05) is 0 Å². The molecular weight excluding hydrogens is 259 g/mol. The molecule has 3 rings (SSSR count). The number of ether oxygens (including phenoxy) is 1. The fourth-order valence-corrected chi connectivity index (χ4v) is 2.08. The van der Waals surface area contributed by atoms with Crippen LogP contribution in [0.3, 0.4) is 0 Å². The van der Waals surface area contributed by atoms with Crippen LogP contribution in [0.15, 0.2) is 24.5 Å². The van der Waals surface area contributed by atoms with E-state index in [-0.39, 0.29) is 11.6 Å². The maximum absolute atomic E-state index is 14.1. The number of rotatable bonds is 6. The van der Waals surface area contributed by atoms with Crippen LogP contribution in [0.5, 0.6) is 5.75 Å². The van der Waals surface area contributed by atoms with E-state index in [9.17, 15) is 4.39 Å². The summed E-state index contributed by atoms with van der Waals surface area (Å²) < 4.78 is 20.8. The molecule has 0 saturated heterocycles. The molecule has 1 fully saturated rings. The van der Waals surface area contributed by atoms with Crippen LogP contribution in [0.2, 0.25) is 0 Å². The highest BCUT2D eigenvalue weighted by Gasteiger charge is 2.21. The Morgan fingerprint density at radius 3 is 3.05 bits per heavy atom. The number of nitrogens with zero attached hydrogens (tertiary/aromatic N) is 3. The maximum atomic E-state index is 14.1. The van der Waals surface area contributed by atoms with Crippen LogP contribution in [-0.4, -0.2) is 27.9 Å². The number of halogens is 1. The first-order chi connectivity index (χ1) is 9.78. The van der Waals surface area contributed by atoms with Crippen molar-refractivity contribution in [3.05, 3.63) is 41.7 Å². The van der Waals surface area contributed by atoms with Gasteiger partial charge in [-0.15, -0.1) is 0 Å². The van der Waals surface area contributed by atoms with Gasteiger partial charge >= 0.3 is 0 Å². The predicted octanol–water partition coefficient (Wildman–Crippen LogP) is 1.73. The highest BCUT2D eigenvalue weighted by atomic mass is 19.1. The van der Waals surface area contributed by atoms with Gasteiger partial charge in [0, 0.05) is 11.6 Å². The minimum Gasteiger partial charge on any atom is -0.494 e. The Morgan fingerprint density at radius 1 is 1.45 bits per heavy atom. The highest BCUT2D eigenvalue weighted by molar-refractivity contribution is 5.31. The van der Waals surface area contributed by atoms with Crippen molar-refractivity contribution in [3.63, 3.8) is 0 Å². The van der Waals surface area contributed by atoms with E-state index >= 15 is 0 Å². The largest absolute Gasteiger partial charge is 0.494 e. The summed E-state index contributed by atoms with van der Waals surface area (Å²) in [6, 6.07) is 5.72. The number of aromatic nitrogens is 3. The van der Waals surface area contributed by atoms with Crippen LogP contribution in [0, 0.1) is 5.82 Å². The summed E-state index contributed by atoms with van der Waals surface area (Å²) in [4.78, 5) is 4.22. The molecule has 6 heteroatoms. The molecule has 5 nitrogen and oxygen atoms in total. The summed E-state index contributed by atoms with van der Waals surface area (Å²) in [6.07, 6.45) is 3.94. The van der Waals surface area contributed by atoms with Gasteiger partial charge in [0.25, 0.3) is 0 Å². The molecule has 0 bridgehead atoms. The topological polar surface area (TPSA) is 52.0 Å². The second-order valence-electron chi connectivity index (χ2n) is 4.92. The monoisotopic (exact) mass is 276 g/mol. The van der Waals surface area contributed by atoms with Gasteiger partial charge in [-0.25, -0.2) is 14.1 Å². The first kappa shape index (κ1) is 13.1. The average molecular weight is 276 g/mol. The molecule has 0 amide bonds. The SMILES string of the molecule is COc1cccc(Cn2ncnc2CNC2CC2)c1F. The van der Waals surface area contributed by atoms with E-state index in [2.05, 4.69) is 15.4 Å². The van der Waals surface area contributed by atoms with Crippen molar-refractivity contribution in [2.24, 2.45) is 0 Å². The fraction of sp³-hybridized carbons (Fsp3) is 0.429. The van der Waals surface area contributed by atoms with Crippen LogP contribution in [0.4, 0.5) is 4.39 Å². The third-order valence-corrected chi connectivity index (χ3v) is 3.41. The van der Waals surface area contributed by atoms with Crippen molar-refractivity contribution in [2.75, 3.05) is 7.11 Å².